The van der Waals surface area contributed by atoms with E-state index in [2.05, 4.69) is 34.4 Å². The van der Waals surface area contributed by atoms with Crippen molar-refractivity contribution in [3.63, 3.8) is 0 Å². The first-order chi connectivity index (χ1) is 13.1. The Hall–Kier alpha value is -1.79. The smallest absolute Gasteiger partial charge is 0.191 e. The van der Waals surface area contributed by atoms with Crippen molar-refractivity contribution in [1.82, 2.24) is 15.5 Å². The first-order valence-corrected chi connectivity index (χ1v) is 10.3. The highest BCUT2D eigenvalue weighted by Gasteiger charge is 2.19. The molecule has 1 unspecified atom stereocenters. The molecular formula is C21H36N4O2. The highest BCUT2D eigenvalue weighted by Crippen LogP contribution is 2.13. The van der Waals surface area contributed by atoms with Crippen LogP contribution in [0.15, 0.2) is 29.3 Å². The lowest BCUT2D eigenvalue weighted by molar-refractivity contribution is 0.114. The molecule has 27 heavy (non-hydrogen) atoms. The van der Waals surface area contributed by atoms with Gasteiger partial charge in [0.1, 0.15) is 18.5 Å². The highest BCUT2D eigenvalue weighted by atomic mass is 16.5. The summed E-state index contributed by atoms with van der Waals surface area (Å²) >= 11 is 0. The number of likely N-dealkylation sites (tertiary alicyclic amines) is 1. The molecule has 0 aromatic heterocycles. The average Bonchev–Trinajstić information content (AvgIpc) is 2.66. The number of ether oxygens (including phenoxy) is 1. The second-order valence-electron chi connectivity index (χ2n) is 7.26. The lowest BCUT2D eigenvalue weighted by atomic mass is 10.1. The molecule has 1 aromatic carbocycles. The minimum atomic E-state index is -0.632. The number of guanidine groups is 1. The van der Waals surface area contributed by atoms with Gasteiger partial charge in [-0.3, -0.25) is 4.99 Å². The van der Waals surface area contributed by atoms with Crippen molar-refractivity contribution in [3.8, 4) is 5.75 Å². The third-order valence-electron chi connectivity index (χ3n) is 4.70. The Kier molecular flexibility index (Phi) is 9.42. The fourth-order valence-electron chi connectivity index (χ4n) is 3.28. The summed E-state index contributed by atoms with van der Waals surface area (Å²) in [4.78, 5) is 7.07. The van der Waals surface area contributed by atoms with Gasteiger partial charge in [0.15, 0.2) is 5.96 Å². The van der Waals surface area contributed by atoms with Gasteiger partial charge >= 0.3 is 0 Å². The Balaban J connectivity index is 1.76. The molecule has 0 amide bonds. The number of aryl methyl sites for hydroxylation is 1. The second-order valence-corrected chi connectivity index (χ2v) is 7.26. The van der Waals surface area contributed by atoms with Crippen LogP contribution in [-0.4, -0.2) is 67.4 Å². The summed E-state index contributed by atoms with van der Waals surface area (Å²) in [5, 5.41) is 17.0. The lowest BCUT2D eigenvalue weighted by Crippen LogP contribution is -2.49. The number of nitrogens with one attached hydrogen (secondary N) is 2. The van der Waals surface area contributed by atoms with Gasteiger partial charge in [0, 0.05) is 25.7 Å². The fourth-order valence-corrected chi connectivity index (χ4v) is 3.28. The highest BCUT2D eigenvalue weighted by molar-refractivity contribution is 5.80. The van der Waals surface area contributed by atoms with E-state index in [9.17, 15) is 5.11 Å². The van der Waals surface area contributed by atoms with Gasteiger partial charge in [0.2, 0.25) is 0 Å². The third-order valence-corrected chi connectivity index (χ3v) is 4.70. The summed E-state index contributed by atoms with van der Waals surface area (Å²) in [6.45, 7) is 11.1. The minimum Gasteiger partial charge on any atom is -0.491 e. The minimum absolute atomic E-state index is 0.238. The van der Waals surface area contributed by atoms with Gasteiger partial charge in [-0.1, -0.05) is 19.1 Å². The van der Waals surface area contributed by atoms with Crippen LogP contribution in [0.5, 0.6) is 5.75 Å². The van der Waals surface area contributed by atoms with E-state index in [0.717, 1.165) is 49.7 Å². The molecule has 6 heteroatoms. The number of hydrogen-bond donors (Lipinski definition) is 3. The summed E-state index contributed by atoms with van der Waals surface area (Å²) in [5.41, 5.74) is 1.14. The van der Waals surface area contributed by atoms with E-state index in [4.69, 9.17) is 4.74 Å². The van der Waals surface area contributed by atoms with Gasteiger partial charge in [-0.05, 0) is 57.4 Å². The average molecular weight is 377 g/mol. The molecule has 1 saturated heterocycles. The van der Waals surface area contributed by atoms with Crippen LogP contribution < -0.4 is 15.4 Å². The van der Waals surface area contributed by atoms with Gasteiger partial charge in [0.25, 0.3) is 0 Å². The number of nitrogens with zero attached hydrogens (tertiary/aromatic N) is 2. The summed E-state index contributed by atoms with van der Waals surface area (Å²) in [6, 6.07) is 8.28. The Bertz CT molecular complexity index is 571. The molecule has 0 radical (unpaired) electrons. The first kappa shape index (κ1) is 21.5. The molecule has 0 bridgehead atoms. The number of benzene rings is 1. The number of hydrogen-bond acceptors (Lipinski definition) is 4. The van der Waals surface area contributed by atoms with Gasteiger partial charge in [-0.25, -0.2) is 0 Å². The van der Waals surface area contributed by atoms with Gasteiger partial charge in [-0.2, -0.15) is 0 Å². The maximum Gasteiger partial charge on any atom is 0.191 e. The molecule has 1 atom stereocenters. The molecule has 1 aliphatic rings. The van der Waals surface area contributed by atoms with Crippen molar-refractivity contribution < 1.29 is 9.84 Å². The van der Waals surface area contributed by atoms with E-state index in [1.165, 1.54) is 13.0 Å². The molecular weight excluding hydrogens is 340 g/mol. The van der Waals surface area contributed by atoms with Gasteiger partial charge in [0.05, 0.1) is 6.54 Å². The SMILES string of the molecule is CCCN1CCC(NC(=NCC(O)COc2cccc(C)c2)NCC)CC1. The monoisotopic (exact) mass is 376 g/mol. The topological polar surface area (TPSA) is 69.1 Å². The number of aliphatic hydroxyl groups is 1. The normalized spacial score (nSPS) is 17.6. The van der Waals surface area contributed by atoms with Crippen LogP contribution >= 0.6 is 0 Å². The predicted octanol–water partition coefficient (Wildman–Crippen LogP) is 2.16. The van der Waals surface area contributed by atoms with Crippen molar-refractivity contribution in [3.05, 3.63) is 29.8 Å². The summed E-state index contributed by atoms with van der Waals surface area (Å²) < 4.78 is 5.66. The molecule has 0 spiro atoms. The Morgan fingerprint density at radius 1 is 1.33 bits per heavy atom. The van der Waals surface area contributed by atoms with Crippen LogP contribution in [0.2, 0.25) is 0 Å². The molecule has 2 rings (SSSR count). The van der Waals surface area contributed by atoms with Crippen LogP contribution in [-0.2, 0) is 0 Å². The quantitative estimate of drug-likeness (QED) is 0.455. The standard InChI is InChI=1S/C21H36N4O2/c1-4-11-25-12-9-18(10-13-25)24-21(22-5-2)23-15-19(26)16-27-20-8-6-7-17(3)14-20/h6-8,14,18-19,26H,4-5,9-13,15-16H2,1-3H3,(H2,22,23,24). The van der Waals surface area contributed by atoms with Crippen molar-refractivity contribution in [2.45, 2.75) is 52.2 Å². The summed E-state index contributed by atoms with van der Waals surface area (Å²) in [6.07, 6.45) is 2.84. The van der Waals surface area contributed by atoms with Crippen LogP contribution in [0, 0.1) is 6.92 Å². The number of aliphatic imine (C=N–C) groups is 1. The molecule has 6 nitrogen and oxygen atoms in total. The zero-order valence-corrected chi connectivity index (χ0v) is 17.1. The van der Waals surface area contributed by atoms with Crippen LogP contribution in [0.25, 0.3) is 0 Å². The third kappa shape index (κ3) is 8.18. The Morgan fingerprint density at radius 2 is 2.11 bits per heavy atom. The Morgan fingerprint density at radius 3 is 2.78 bits per heavy atom. The van der Waals surface area contributed by atoms with Crippen molar-refractivity contribution >= 4 is 5.96 Å². The molecule has 0 aliphatic carbocycles. The Labute approximate surface area is 164 Å². The molecule has 152 valence electrons. The zero-order chi connectivity index (χ0) is 19.5. The maximum atomic E-state index is 10.2. The second kappa shape index (κ2) is 11.8. The summed E-state index contributed by atoms with van der Waals surface area (Å²) in [5.74, 6) is 1.56. The van der Waals surface area contributed by atoms with Gasteiger partial charge < -0.3 is 25.4 Å². The molecule has 1 aliphatic heterocycles. The van der Waals surface area contributed by atoms with E-state index < -0.39 is 6.10 Å². The lowest BCUT2D eigenvalue weighted by Gasteiger charge is -2.32. The van der Waals surface area contributed by atoms with Gasteiger partial charge in [-0.15, -0.1) is 0 Å². The molecule has 3 N–H and O–H groups in total. The summed E-state index contributed by atoms with van der Waals surface area (Å²) in [7, 11) is 0. The number of rotatable bonds is 9. The fraction of sp³-hybridized carbons (Fsp3) is 0.667. The van der Waals surface area contributed by atoms with Crippen molar-refractivity contribution in [2.75, 3.05) is 39.3 Å². The largest absolute Gasteiger partial charge is 0.491 e. The van der Waals surface area contributed by atoms with Crippen molar-refractivity contribution in [1.29, 1.82) is 0 Å². The molecule has 1 heterocycles. The van der Waals surface area contributed by atoms with E-state index in [1.54, 1.807) is 0 Å². The van der Waals surface area contributed by atoms with E-state index in [0.29, 0.717) is 12.6 Å². The van der Waals surface area contributed by atoms with Crippen molar-refractivity contribution in [2.24, 2.45) is 4.99 Å². The predicted molar refractivity (Wildman–Crippen MR) is 112 cm³/mol. The molecule has 0 saturated carbocycles. The van der Waals surface area contributed by atoms with E-state index in [1.807, 2.05) is 31.2 Å². The van der Waals surface area contributed by atoms with Crippen LogP contribution in [0.3, 0.4) is 0 Å². The zero-order valence-electron chi connectivity index (χ0n) is 17.1. The molecule has 1 aromatic rings. The van der Waals surface area contributed by atoms with E-state index >= 15 is 0 Å². The first-order valence-electron chi connectivity index (χ1n) is 10.3. The molecule has 1 fully saturated rings. The number of aliphatic hydroxyl groups excluding tert-OH is 1. The number of piperidine rings is 1. The maximum absolute atomic E-state index is 10.2. The van der Waals surface area contributed by atoms with Crippen LogP contribution in [0.1, 0.15) is 38.7 Å². The van der Waals surface area contributed by atoms with E-state index in [-0.39, 0.29) is 6.61 Å². The van der Waals surface area contributed by atoms with Crippen LogP contribution in [0.4, 0.5) is 0 Å².